The summed E-state index contributed by atoms with van der Waals surface area (Å²) in [6, 6.07) is 0. The average molecular weight is 186 g/mol. The van der Waals surface area contributed by atoms with E-state index in [1.54, 1.807) is 19.9 Å². The summed E-state index contributed by atoms with van der Waals surface area (Å²) in [5.74, 6) is -0.438. The number of carbonyl (C=O) groups excluding carboxylic acids is 1. The zero-order valence-corrected chi connectivity index (χ0v) is 7.73. The molecular weight excluding hydrogens is 172 g/mol. The van der Waals surface area contributed by atoms with Crippen LogP contribution in [0.1, 0.15) is 20.3 Å². The van der Waals surface area contributed by atoms with Crippen molar-refractivity contribution in [2.24, 2.45) is 0 Å². The molecule has 4 heteroatoms. The number of carbonyl (C=O) groups is 1. The summed E-state index contributed by atoms with van der Waals surface area (Å²) in [6.07, 6.45) is 0.0325. The van der Waals surface area contributed by atoms with Crippen LogP contribution in [0.15, 0.2) is 11.6 Å². The Labute approximate surface area is 76.8 Å². The summed E-state index contributed by atoms with van der Waals surface area (Å²) in [4.78, 5) is 11.1. The number of aliphatic hydroxyl groups excluding tert-OH is 2. The Morgan fingerprint density at radius 2 is 2.15 bits per heavy atom. The minimum Gasteiger partial charge on any atom is -0.452 e. The second-order valence-corrected chi connectivity index (χ2v) is 3.36. The normalized spacial score (nSPS) is 26.6. The molecule has 4 nitrogen and oxygen atoms in total. The zero-order chi connectivity index (χ0) is 10.0. The summed E-state index contributed by atoms with van der Waals surface area (Å²) < 4.78 is 4.84. The minimum absolute atomic E-state index is 0.280. The van der Waals surface area contributed by atoms with Gasteiger partial charge < -0.3 is 14.9 Å². The van der Waals surface area contributed by atoms with Crippen LogP contribution >= 0.6 is 0 Å². The molecule has 1 aliphatic rings. The Morgan fingerprint density at radius 3 is 2.54 bits per heavy atom. The van der Waals surface area contributed by atoms with E-state index in [4.69, 9.17) is 14.9 Å². The van der Waals surface area contributed by atoms with Crippen molar-refractivity contribution in [3.05, 3.63) is 11.6 Å². The smallest absolute Gasteiger partial charge is 0.334 e. The third-order valence-electron chi connectivity index (χ3n) is 1.86. The summed E-state index contributed by atoms with van der Waals surface area (Å²) >= 11 is 0. The van der Waals surface area contributed by atoms with E-state index >= 15 is 0 Å². The molecular formula is C9H14O4. The highest BCUT2D eigenvalue weighted by Gasteiger charge is 2.28. The Morgan fingerprint density at radius 1 is 1.54 bits per heavy atom. The quantitative estimate of drug-likeness (QED) is 0.608. The fourth-order valence-corrected chi connectivity index (χ4v) is 1.21. The molecule has 0 saturated heterocycles. The molecule has 0 aromatic rings. The van der Waals surface area contributed by atoms with Crippen LogP contribution in [0.4, 0.5) is 0 Å². The summed E-state index contributed by atoms with van der Waals surface area (Å²) in [5, 5.41) is 18.2. The molecule has 1 heterocycles. The first-order chi connectivity index (χ1) is 6.00. The highest BCUT2D eigenvalue weighted by Crippen LogP contribution is 2.20. The van der Waals surface area contributed by atoms with E-state index in [0.717, 1.165) is 0 Å². The van der Waals surface area contributed by atoms with Crippen molar-refractivity contribution in [3.63, 3.8) is 0 Å². The van der Waals surface area contributed by atoms with Gasteiger partial charge in [0, 0.05) is 12.0 Å². The molecule has 1 rings (SSSR count). The standard InChI is InChI=1S/C9H14O4/c1-5(10)3-7-4-8(6(2)11)13-9(7)12/h4-6,8,10-11H,3H2,1-2H3/t5-,6+,8+/m0/s1. The molecule has 0 fully saturated rings. The van der Waals surface area contributed by atoms with Gasteiger partial charge in [-0.2, -0.15) is 0 Å². The van der Waals surface area contributed by atoms with Crippen LogP contribution in [0.3, 0.4) is 0 Å². The van der Waals surface area contributed by atoms with Gasteiger partial charge in [-0.15, -0.1) is 0 Å². The highest BCUT2D eigenvalue weighted by molar-refractivity contribution is 5.91. The lowest BCUT2D eigenvalue weighted by Crippen LogP contribution is -2.21. The van der Waals surface area contributed by atoms with E-state index in [1.807, 2.05) is 0 Å². The molecule has 0 unspecified atom stereocenters. The Bertz CT molecular complexity index is 230. The van der Waals surface area contributed by atoms with Gasteiger partial charge in [0.15, 0.2) is 0 Å². The van der Waals surface area contributed by atoms with Crippen LogP contribution in [0.25, 0.3) is 0 Å². The molecule has 13 heavy (non-hydrogen) atoms. The highest BCUT2D eigenvalue weighted by atomic mass is 16.6. The van der Waals surface area contributed by atoms with Crippen LogP contribution in [0.5, 0.6) is 0 Å². The van der Waals surface area contributed by atoms with Crippen LogP contribution in [0, 0.1) is 0 Å². The van der Waals surface area contributed by atoms with Crippen molar-refractivity contribution >= 4 is 5.97 Å². The first-order valence-corrected chi connectivity index (χ1v) is 4.28. The predicted octanol–water partition coefficient (Wildman–Crippen LogP) is -0.0101. The van der Waals surface area contributed by atoms with Crippen LogP contribution < -0.4 is 0 Å². The van der Waals surface area contributed by atoms with Gasteiger partial charge in [0.05, 0.1) is 12.2 Å². The van der Waals surface area contributed by atoms with E-state index in [0.29, 0.717) is 5.57 Å². The average Bonchev–Trinajstić information content (AvgIpc) is 2.31. The molecule has 0 saturated carbocycles. The van der Waals surface area contributed by atoms with E-state index in [1.165, 1.54) is 0 Å². The first-order valence-electron chi connectivity index (χ1n) is 4.28. The predicted molar refractivity (Wildman–Crippen MR) is 45.9 cm³/mol. The molecule has 0 bridgehead atoms. The maximum Gasteiger partial charge on any atom is 0.334 e. The maximum atomic E-state index is 11.1. The van der Waals surface area contributed by atoms with E-state index in [9.17, 15) is 4.79 Å². The van der Waals surface area contributed by atoms with Crippen molar-refractivity contribution in [3.8, 4) is 0 Å². The molecule has 0 aliphatic carbocycles. The zero-order valence-electron chi connectivity index (χ0n) is 7.73. The van der Waals surface area contributed by atoms with Crippen molar-refractivity contribution in [2.45, 2.75) is 38.6 Å². The van der Waals surface area contributed by atoms with Crippen molar-refractivity contribution in [1.29, 1.82) is 0 Å². The first kappa shape index (κ1) is 10.2. The molecule has 74 valence electrons. The fraction of sp³-hybridized carbons (Fsp3) is 0.667. The summed E-state index contributed by atoms with van der Waals surface area (Å²) in [7, 11) is 0. The molecule has 3 atom stereocenters. The number of hydrogen-bond acceptors (Lipinski definition) is 4. The number of aliphatic hydroxyl groups is 2. The monoisotopic (exact) mass is 186 g/mol. The molecule has 0 radical (unpaired) electrons. The maximum absolute atomic E-state index is 11.1. The van der Waals surface area contributed by atoms with Crippen molar-refractivity contribution in [1.82, 2.24) is 0 Å². The fourth-order valence-electron chi connectivity index (χ4n) is 1.21. The number of rotatable bonds is 3. The number of cyclic esters (lactones) is 1. The third-order valence-corrected chi connectivity index (χ3v) is 1.86. The molecule has 0 aromatic heterocycles. The lowest BCUT2D eigenvalue weighted by molar-refractivity contribution is -0.143. The minimum atomic E-state index is -0.699. The second kappa shape index (κ2) is 3.89. The Hall–Kier alpha value is -0.870. The molecule has 0 amide bonds. The van der Waals surface area contributed by atoms with Gasteiger partial charge in [-0.25, -0.2) is 4.79 Å². The van der Waals surface area contributed by atoms with Gasteiger partial charge in [0.2, 0.25) is 0 Å². The Kier molecular flexibility index (Phi) is 3.06. The van der Waals surface area contributed by atoms with Crippen LogP contribution in [0.2, 0.25) is 0 Å². The van der Waals surface area contributed by atoms with E-state index < -0.39 is 24.3 Å². The molecule has 1 aliphatic heterocycles. The number of esters is 1. The Balaban J connectivity index is 2.63. The SMILES string of the molecule is C[C@H](O)CC1=C[C@H]([C@@H](C)O)OC1=O. The summed E-state index contributed by atoms with van der Waals surface area (Å²) in [6.45, 7) is 3.16. The van der Waals surface area contributed by atoms with Crippen LogP contribution in [-0.2, 0) is 9.53 Å². The van der Waals surface area contributed by atoms with Gasteiger partial charge >= 0.3 is 5.97 Å². The molecule has 0 aromatic carbocycles. The number of hydrogen-bond donors (Lipinski definition) is 2. The summed E-state index contributed by atoms with van der Waals surface area (Å²) in [5.41, 5.74) is 0.445. The van der Waals surface area contributed by atoms with Crippen molar-refractivity contribution in [2.75, 3.05) is 0 Å². The lowest BCUT2D eigenvalue weighted by Gasteiger charge is -2.09. The molecule has 0 spiro atoms. The van der Waals surface area contributed by atoms with Gasteiger partial charge in [-0.1, -0.05) is 0 Å². The van der Waals surface area contributed by atoms with Crippen LogP contribution in [-0.4, -0.2) is 34.5 Å². The largest absolute Gasteiger partial charge is 0.452 e. The van der Waals surface area contributed by atoms with E-state index in [2.05, 4.69) is 0 Å². The van der Waals surface area contributed by atoms with Gasteiger partial charge in [-0.3, -0.25) is 0 Å². The van der Waals surface area contributed by atoms with Crippen molar-refractivity contribution < 1.29 is 19.7 Å². The third kappa shape index (κ3) is 2.54. The van der Waals surface area contributed by atoms with Gasteiger partial charge in [-0.05, 0) is 19.9 Å². The van der Waals surface area contributed by atoms with E-state index in [-0.39, 0.29) is 6.42 Å². The lowest BCUT2D eigenvalue weighted by atomic mass is 10.1. The second-order valence-electron chi connectivity index (χ2n) is 3.36. The topological polar surface area (TPSA) is 66.8 Å². The van der Waals surface area contributed by atoms with Gasteiger partial charge in [0.1, 0.15) is 6.10 Å². The van der Waals surface area contributed by atoms with Gasteiger partial charge in [0.25, 0.3) is 0 Å². The number of ether oxygens (including phenoxy) is 1. The molecule has 2 N–H and O–H groups in total.